The summed E-state index contributed by atoms with van der Waals surface area (Å²) in [6.07, 6.45) is 0. The number of aromatic nitrogens is 4. The molecule has 0 amide bonds. The Bertz CT molecular complexity index is 575. The number of hydrogen-bond acceptors (Lipinski definition) is 4. The molecule has 2 heterocycles. The van der Waals surface area contributed by atoms with E-state index in [-0.39, 0.29) is 5.54 Å². The van der Waals surface area contributed by atoms with Gasteiger partial charge in [-0.05, 0) is 34.9 Å². The molecule has 0 aliphatic rings. The van der Waals surface area contributed by atoms with Crippen LogP contribution in [0.5, 0.6) is 0 Å². The average molecular weight is 250 g/mol. The Morgan fingerprint density at radius 2 is 1.94 bits per heavy atom. The number of fused-ring (bicyclic) bond motifs is 1. The molecular formula is C12H22N6. The van der Waals surface area contributed by atoms with Gasteiger partial charge in [0.15, 0.2) is 5.65 Å². The lowest BCUT2D eigenvalue weighted by atomic mass is 10.0. The molecule has 0 spiro atoms. The van der Waals surface area contributed by atoms with Gasteiger partial charge in [-0.3, -0.25) is 9.25 Å². The quantitative estimate of drug-likeness (QED) is 0.882. The lowest BCUT2D eigenvalue weighted by Crippen LogP contribution is -2.42. The number of nitrogens with two attached hydrogens (primary N) is 1. The molecule has 2 N–H and O–H groups in total. The Kier molecular flexibility index (Phi) is 2.85. The molecule has 0 fully saturated rings. The summed E-state index contributed by atoms with van der Waals surface area (Å²) in [5.74, 6) is 0.552. The fourth-order valence-corrected chi connectivity index (χ4v) is 2.04. The van der Waals surface area contributed by atoms with Crippen molar-refractivity contribution in [2.24, 2.45) is 7.05 Å². The molecule has 2 aromatic rings. The Balaban J connectivity index is 2.54. The zero-order valence-corrected chi connectivity index (χ0v) is 12.0. The first-order chi connectivity index (χ1) is 8.24. The smallest absolute Gasteiger partial charge is 0.202 e. The number of hydrogen-bond donors (Lipinski definition) is 1. The molecule has 0 aliphatic heterocycles. The summed E-state index contributed by atoms with van der Waals surface area (Å²) in [5, 5.41) is 4.39. The van der Waals surface area contributed by atoms with Crippen molar-refractivity contribution in [2.45, 2.75) is 32.9 Å². The van der Waals surface area contributed by atoms with Gasteiger partial charge >= 0.3 is 0 Å². The van der Waals surface area contributed by atoms with E-state index in [1.54, 1.807) is 0 Å². The number of aryl methyl sites for hydroxylation is 2. The van der Waals surface area contributed by atoms with Gasteiger partial charge < -0.3 is 10.6 Å². The van der Waals surface area contributed by atoms with Gasteiger partial charge in [-0.25, -0.2) is 4.98 Å². The fraction of sp³-hybridized carbons (Fsp3) is 0.667. The van der Waals surface area contributed by atoms with Crippen molar-refractivity contribution < 1.29 is 0 Å². The lowest BCUT2D eigenvalue weighted by Gasteiger charge is -2.33. The lowest BCUT2D eigenvalue weighted by molar-refractivity contribution is 0.171. The van der Waals surface area contributed by atoms with Gasteiger partial charge in [0, 0.05) is 19.1 Å². The highest BCUT2D eigenvalue weighted by Crippen LogP contribution is 2.24. The van der Waals surface area contributed by atoms with E-state index >= 15 is 0 Å². The minimum atomic E-state index is -0.0000746. The van der Waals surface area contributed by atoms with Gasteiger partial charge in [-0.15, -0.1) is 0 Å². The van der Waals surface area contributed by atoms with Crippen molar-refractivity contribution >= 4 is 17.1 Å². The summed E-state index contributed by atoms with van der Waals surface area (Å²) >= 11 is 0. The molecule has 0 bridgehead atoms. The molecule has 0 saturated heterocycles. The molecular weight excluding hydrogens is 228 g/mol. The van der Waals surface area contributed by atoms with Crippen molar-refractivity contribution in [3.8, 4) is 0 Å². The summed E-state index contributed by atoms with van der Waals surface area (Å²) in [5.41, 5.74) is 8.83. The Hall–Kier alpha value is -1.56. The standard InChI is InChI=1S/C12H22N6/c1-8-9-10(17(6)15-8)18(11(13)14-9)7-12(2,3)16(4)5/h7H2,1-6H3,(H2,13,14). The fourth-order valence-electron chi connectivity index (χ4n) is 2.04. The van der Waals surface area contributed by atoms with Crippen LogP contribution in [0.15, 0.2) is 0 Å². The zero-order valence-electron chi connectivity index (χ0n) is 12.0. The molecule has 0 atom stereocenters. The van der Waals surface area contributed by atoms with Crippen LogP contribution in [-0.4, -0.2) is 43.9 Å². The van der Waals surface area contributed by atoms with E-state index in [0.717, 1.165) is 23.4 Å². The molecule has 0 radical (unpaired) electrons. The van der Waals surface area contributed by atoms with Crippen LogP contribution >= 0.6 is 0 Å². The summed E-state index contributed by atoms with van der Waals surface area (Å²) in [6, 6.07) is 0. The van der Waals surface area contributed by atoms with Crippen molar-refractivity contribution in [3.63, 3.8) is 0 Å². The van der Waals surface area contributed by atoms with Crippen molar-refractivity contribution in [1.82, 2.24) is 24.2 Å². The third-order valence-electron chi connectivity index (χ3n) is 3.68. The van der Waals surface area contributed by atoms with Gasteiger partial charge in [0.1, 0.15) is 5.52 Å². The molecule has 2 rings (SSSR count). The van der Waals surface area contributed by atoms with E-state index in [9.17, 15) is 0 Å². The van der Waals surface area contributed by atoms with Crippen LogP contribution in [0.25, 0.3) is 11.2 Å². The molecule has 0 unspecified atom stereocenters. The van der Waals surface area contributed by atoms with Gasteiger partial charge in [0.25, 0.3) is 0 Å². The van der Waals surface area contributed by atoms with Crippen molar-refractivity contribution in [3.05, 3.63) is 5.69 Å². The Morgan fingerprint density at radius 3 is 2.50 bits per heavy atom. The van der Waals surface area contributed by atoms with Gasteiger partial charge in [0.05, 0.1) is 5.69 Å². The molecule has 6 nitrogen and oxygen atoms in total. The van der Waals surface area contributed by atoms with E-state index in [1.165, 1.54) is 0 Å². The molecule has 2 aromatic heterocycles. The number of nitrogens with zero attached hydrogens (tertiary/aromatic N) is 5. The molecule has 0 aliphatic carbocycles. The second-order valence-electron chi connectivity index (χ2n) is 5.64. The SMILES string of the molecule is Cc1nn(C)c2c1nc(N)n2CC(C)(C)N(C)C. The number of rotatable bonds is 3. The maximum atomic E-state index is 6.04. The Morgan fingerprint density at radius 1 is 1.33 bits per heavy atom. The minimum absolute atomic E-state index is 0.0000746. The summed E-state index contributed by atoms with van der Waals surface area (Å²) in [7, 11) is 6.06. The van der Waals surface area contributed by atoms with Gasteiger partial charge in [0.2, 0.25) is 5.95 Å². The highest BCUT2D eigenvalue weighted by molar-refractivity contribution is 5.77. The maximum absolute atomic E-state index is 6.04. The van der Waals surface area contributed by atoms with E-state index in [0.29, 0.717) is 5.95 Å². The first-order valence-electron chi connectivity index (χ1n) is 6.07. The van der Waals surface area contributed by atoms with E-state index in [2.05, 4.69) is 42.9 Å². The van der Waals surface area contributed by atoms with Crippen LogP contribution in [-0.2, 0) is 13.6 Å². The topological polar surface area (TPSA) is 64.9 Å². The predicted octanol–water partition coefficient (Wildman–Crippen LogP) is 1.00. The highest BCUT2D eigenvalue weighted by Gasteiger charge is 2.25. The molecule has 18 heavy (non-hydrogen) atoms. The normalized spacial score (nSPS) is 12.8. The maximum Gasteiger partial charge on any atom is 0.202 e. The summed E-state index contributed by atoms with van der Waals surface area (Å²) in [4.78, 5) is 6.60. The second kappa shape index (κ2) is 3.98. The average Bonchev–Trinajstić information content (AvgIpc) is 2.68. The van der Waals surface area contributed by atoms with Crippen LogP contribution in [0.2, 0.25) is 0 Å². The van der Waals surface area contributed by atoms with Crippen LogP contribution in [0.3, 0.4) is 0 Å². The van der Waals surface area contributed by atoms with Gasteiger partial charge in [-0.2, -0.15) is 5.10 Å². The van der Waals surface area contributed by atoms with E-state index < -0.39 is 0 Å². The van der Waals surface area contributed by atoms with Crippen LogP contribution in [0.1, 0.15) is 19.5 Å². The first-order valence-corrected chi connectivity index (χ1v) is 6.07. The molecule has 0 aromatic carbocycles. The van der Waals surface area contributed by atoms with E-state index in [1.807, 2.05) is 23.2 Å². The van der Waals surface area contributed by atoms with Crippen LogP contribution < -0.4 is 5.73 Å². The molecule has 6 heteroatoms. The predicted molar refractivity (Wildman–Crippen MR) is 73.4 cm³/mol. The third-order valence-corrected chi connectivity index (χ3v) is 3.68. The zero-order chi connectivity index (χ0) is 13.7. The summed E-state index contributed by atoms with van der Waals surface area (Å²) in [6.45, 7) is 7.10. The van der Waals surface area contributed by atoms with Crippen LogP contribution in [0, 0.1) is 6.92 Å². The van der Waals surface area contributed by atoms with Crippen molar-refractivity contribution in [2.75, 3.05) is 19.8 Å². The number of imidazole rings is 1. The molecule has 0 saturated carbocycles. The number of nitrogen functional groups attached to an aromatic ring is 1. The monoisotopic (exact) mass is 250 g/mol. The molecule has 100 valence electrons. The summed E-state index contributed by atoms with van der Waals surface area (Å²) < 4.78 is 3.88. The Labute approximate surface area is 107 Å². The second-order valence-corrected chi connectivity index (χ2v) is 5.64. The minimum Gasteiger partial charge on any atom is -0.369 e. The first kappa shape index (κ1) is 12.9. The number of anilines is 1. The largest absolute Gasteiger partial charge is 0.369 e. The van der Waals surface area contributed by atoms with E-state index in [4.69, 9.17) is 5.73 Å². The van der Waals surface area contributed by atoms with Crippen LogP contribution in [0.4, 0.5) is 5.95 Å². The number of likely N-dealkylation sites (N-methyl/N-ethyl adjacent to an activating group) is 1. The van der Waals surface area contributed by atoms with Gasteiger partial charge in [-0.1, -0.05) is 0 Å². The third kappa shape index (κ3) is 1.86. The van der Waals surface area contributed by atoms with Crippen molar-refractivity contribution in [1.29, 1.82) is 0 Å². The highest BCUT2D eigenvalue weighted by atomic mass is 15.4.